The van der Waals surface area contributed by atoms with Gasteiger partial charge in [-0.05, 0) is 30.9 Å². The highest BCUT2D eigenvalue weighted by molar-refractivity contribution is 5.53. The second-order valence-electron chi connectivity index (χ2n) is 5.08. The van der Waals surface area contributed by atoms with Crippen molar-refractivity contribution < 1.29 is 4.74 Å². The van der Waals surface area contributed by atoms with Gasteiger partial charge in [-0.1, -0.05) is 26.2 Å². The maximum Gasteiger partial charge on any atom is 0.238 e. The molecule has 0 aliphatic heterocycles. The molecule has 0 aromatic carbocycles. The first kappa shape index (κ1) is 13.0. The molecule has 1 heterocycles. The van der Waals surface area contributed by atoms with Gasteiger partial charge in [-0.3, -0.25) is 0 Å². The Morgan fingerprint density at radius 1 is 1.44 bits per heavy atom. The molecule has 4 nitrogen and oxygen atoms in total. The Balaban J connectivity index is 2.00. The van der Waals surface area contributed by atoms with E-state index in [1.54, 1.807) is 7.11 Å². The van der Waals surface area contributed by atoms with Gasteiger partial charge in [0.1, 0.15) is 5.82 Å². The van der Waals surface area contributed by atoms with Crippen LogP contribution in [0.15, 0.2) is 12.1 Å². The highest BCUT2D eigenvalue weighted by Crippen LogP contribution is 2.29. The summed E-state index contributed by atoms with van der Waals surface area (Å²) in [5, 5.41) is 3.50. The molecular weight excluding hydrogens is 226 g/mol. The fourth-order valence-corrected chi connectivity index (χ4v) is 2.70. The van der Waals surface area contributed by atoms with Gasteiger partial charge in [-0.2, -0.15) is 4.98 Å². The molecule has 3 N–H and O–H groups in total. The largest absolute Gasteiger partial charge is 0.479 e. The average molecular weight is 249 g/mol. The molecule has 2 atom stereocenters. The third-order valence-electron chi connectivity index (χ3n) is 3.80. The molecule has 1 aliphatic rings. The summed E-state index contributed by atoms with van der Waals surface area (Å²) in [5.41, 5.74) is 6.34. The Labute approximate surface area is 109 Å². The van der Waals surface area contributed by atoms with Crippen LogP contribution in [0.5, 0.6) is 5.88 Å². The van der Waals surface area contributed by atoms with Crippen molar-refractivity contribution in [3.8, 4) is 5.88 Å². The molecule has 2 rings (SSSR count). The van der Waals surface area contributed by atoms with E-state index in [-0.39, 0.29) is 0 Å². The molecule has 0 spiro atoms. The Bertz CT molecular complexity index is 395. The van der Waals surface area contributed by atoms with E-state index in [4.69, 9.17) is 10.5 Å². The first-order valence-electron chi connectivity index (χ1n) is 6.80. The van der Waals surface area contributed by atoms with E-state index in [1.807, 2.05) is 12.1 Å². The van der Waals surface area contributed by atoms with E-state index in [0.717, 1.165) is 11.7 Å². The van der Waals surface area contributed by atoms with Crippen LogP contribution in [-0.4, -0.2) is 18.1 Å². The molecule has 0 amide bonds. The molecule has 100 valence electrons. The van der Waals surface area contributed by atoms with Crippen molar-refractivity contribution in [2.24, 2.45) is 5.92 Å². The number of pyridine rings is 1. The molecule has 4 heteroatoms. The Morgan fingerprint density at radius 3 is 3.00 bits per heavy atom. The van der Waals surface area contributed by atoms with Gasteiger partial charge < -0.3 is 15.8 Å². The summed E-state index contributed by atoms with van der Waals surface area (Å²) in [7, 11) is 1.59. The average Bonchev–Trinajstić information content (AvgIpc) is 2.41. The Hall–Kier alpha value is -1.45. The number of rotatable bonds is 4. The molecule has 2 unspecified atom stereocenters. The number of anilines is 2. The summed E-state index contributed by atoms with van der Waals surface area (Å²) >= 11 is 0. The first-order chi connectivity index (χ1) is 8.72. The lowest BCUT2D eigenvalue weighted by molar-refractivity contribution is 0.326. The van der Waals surface area contributed by atoms with Crippen molar-refractivity contribution >= 4 is 11.5 Å². The van der Waals surface area contributed by atoms with Crippen LogP contribution in [0, 0.1) is 5.92 Å². The van der Waals surface area contributed by atoms with Crippen LogP contribution >= 0.6 is 0 Å². The van der Waals surface area contributed by atoms with Crippen molar-refractivity contribution in [2.45, 2.75) is 45.1 Å². The molecule has 1 saturated carbocycles. The van der Waals surface area contributed by atoms with Crippen LogP contribution in [-0.2, 0) is 0 Å². The monoisotopic (exact) mass is 249 g/mol. The Kier molecular flexibility index (Phi) is 4.28. The van der Waals surface area contributed by atoms with Gasteiger partial charge in [0, 0.05) is 6.04 Å². The summed E-state index contributed by atoms with van der Waals surface area (Å²) < 4.78 is 5.14. The molecule has 0 bridgehead atoms. The first-order valence-corrected chi connectivity index (χ1v) is 6.80. The lowest BCUT2D eigenvalue weighted by Gasteiger charge is -2.29. The van der Waals surface area contributed by atoms with Crippen LogP contribution in [0.25, 0.3) is 0 Å². The molecule has 1 aliphatic carbocycles. The minimum absolute atomic E-state index is 0.503. The van der Waals surface area contributed by atoms with Crippen molar-refractivity contribution in [3.05, 3.63) is 12.1 Å². The number of methoxy groups -OCH3 is 1. The molecule has 0 saturated heterocycles. The van der Waals surface area contributed by atoms with Crippen LogP contribution in [0.3, 0.4) is 0 Å². The zero-order valence-corrected chi connectivity index (χ0v) is 11.3. The normalized spacial score (nSPS) is 23.7. The van der Waals surface area contributed by atoms with E-state index in [1.165, 1.54) is 32.1 Å². The van der Waals surface area contributed by atoms with Gasteiger partial charge in [-0.15, -0.1) is 0 Å². The predicted molar refractivity (Wildman–Crippen MR) is 74.9 cm³/mol. The summed E-state index contributed by atoms with van der Waals surface area (Å²) in [6.45, 7) is 2.28. The molecular formula is C14H23N3O. The lowest BCUT2D eigenvalue weighted by Crippen LogP contribution is -2.27. The second-order valence-corrected chi connectivity index (χ2v) is 5.08. The van der Waals surface area contributed by atoms with Crippen LogP contribution in [0.2, 0.25) is 0 Å². The summed E-state index contributed by atoms with van der Waals surface area (Å²) in [6, 6.07) is 4.30. The van der Waals surface area contributed by atoms with E-state index in [9.17, 15) is 0 Å². The van der Waals surface area contributed by atoms with E-state index >= 15 is 0 Å². The second kappa shape index (κ2) is 5.94. The number of nitrogens with zero attached hydrogens (tertiary/aromatic N) is 1. The number of nitrogens with two attached hydrogens (primary N) is 1. The van der Waals surface area contributed by atoms with Crippen LogP contribution < -0.4 is 15.8 Å². The summed E-state index contributed by atoms with van der Waals surface area (Å²) in [6.07, 6.45) is 6.42. The van der Waals surface area contributed by atoms with Crippen molar-refractivity contribution in [1.82, 2.24) is 4.98 Å². The van der Waals surface area contributed by atoms with Gasteiger partial charge in [0.15, 0.2) is 0 Å². The zero-order valence-electron chi connectivity index (χ0n) is 11.3. The minimum Gasteiger partial charge on any atom is -0.479 e. The van der Waals surface area contributed by atoms with Gasteiger partial charge in [0.25, 0.3) is 0 Å². The number of hydrogen-bond acceptors (Lipinski definition) is 4. The maximum absolute atomic E-state index is 5.76. The number of nitrogen functional groups attached to an aromatic ring is 1. The van der Waals surface area contributed by atoms with Gasteiger partial charge in [-0.25, -0.2) is 0 Å². The topological polar surface area (TPSA) is 60.2 Å². The highest BCUT2D eigenvalue weighted by Gasteiger charge is 2.20. The fourth-order valence-electron chi connectivity index (χ4n) is 2.70. The Morgan fingerprint density at radius 2 is 2.28 bits per heavy atom. The summed E-state index contributed by atoms with van der Waals surface area (Å²) in [4.78, 5) is 4.38. The van der Waals surface area contributed by atoms with E-state index in [2.05, 4.69) is 17.2 Å². The standard InChI is InChI=1S/C14H23N3O/c1-3-10-5-4-6-11(9-10)16-13-8-7-12(15)14(17-13)18-2/h7-8,10-11H,3-6,9,15H2,1-2H3,(H,16,17). The van der Waals surface area contributed by atoms with Crippen LogP contribution in [0.4, 0.5) is 11.5 Å². The van der Waals surface area contributed by atoms with Crippen molar-refractivity contribution in [3.63, 3.8) is 0 Å². The minimum atomic E-state index is 0.503. The lowest BCUT2D eigenvalue weighted by atomic mass is 9.84. The quantitative estimate of drug-likeness (QED) is 0.861. The summed E-state index contributed by atoms with van der Waals surface area (Å²) in [5.74, 6) is 2.22. The highest BCUT2D eigenvalue weighted by atomic mass is 16.5. The van der Waals surface area contributed by atoms with Gasteiger partial charge in [0.05, 0.1) is 12.8 Å². The van der Waals surface area contributed by atoms with Crippen molar-refractivity contribution in [1.29, 1.82) is 0 Å². The molecule has 1 fully saturated rings. The molecule has 1 aromatic heterocycles. The van der Waals surface area contributed by atoms with E-state index < -0.39 is 0 Å². The van der Waals surface area contributed by atoms with Crippen molar-refractivity contribution in [2.75, 3.05) is 18.2 Å². The predicted octanol–water partition coefficient (Wildman–Crippen LogP) is 3.05. The van der Waals surface area contributed by atoms with Crippen LogP contribution in [0.1, 0.15) is 39.0 Å². The van der Waals surface area contributed by atoms with E-state index in [0.29, 0.717) is 17.6 Å². The third-order valence-corrected chi connectivity index (χ3v) is 3.80. The molecule has 0 radical (unpaired) electrons. The SMILES string of the molecule is CCC1CCCC(Nc2ccc(N)c(OC)n2)C1. The number of nitrogens with one attached hydrogen (secondary N) is 1. The number of hydrogen-bond donors (Lipinski definition) is 2. The number of aromatic nitrogens is 1. The molecule has 1 aromatic rings. The third kappa shape index (κ3) is 3.06. The number of ether oxygens (including phenoxy) is 1. The smallest absolute Gasteiger partial charge is 0.238 e. The fraction of sp³-hybridized carbons (Fsp3) is 0.643. The van der Waals surface area contributed by atoms with Gasteiger partial charge in [0.2, 0.25) is 5.88 Å². The van der Waals surface area contributed by atoms with Gasteiger partial charge >= 0.3 is 0 Å². The zero-order chi connectivity index (χ0) is 13.0. The maximum atomic E-state index is 5.76. The molecule has 18 heavy (non-hydrogen) atoms.